The van der Waals surface area contributed by atoms with E-state index in [0.29, 0.717) is 0 Å². The van der Waals surface area contributed by atoms with E-state index in [2.05, 4.69) is 10.3 Å². The first-order valence-corrected chi connectivity index (χ1v) is 7.16. The third-order valence-corrected chi connectivity index (χ3v) is 3.20. The van der Waals surface area contributed by atoms with E-state index in [1.54, 1.807) is 6.07 Å². The van der Waals surface area contributed by atoms with Gasteiger partial charge < -0.3 is 14.8 Å². The summed E-state index contributed by atoms with van der Waals surface area (Å²) in [6.07, 6.45) is 1.74. The van der Waals surface area contributed by atoms with Gasteiger partial charge in [-0.1, -0.05) is 0 Å². The van der Waals surface area contributed by atoms with Crippen LogP contribution in [0.25, 0.3) is 0 Å². The van der Waals surface area contributed by atoms with Crippen LogP contribution in [0.15, 0.2) is 42.7 Å². The van der Waals surface area contributed by atoms with E-state index in [1.807, 2.05) is 0 Å². The Hall–Kier alpha value is -3.49. The van der Waals surface area contributed by atoms with Crippen molar-refractivity contribution in [1.82, 2.24) is 4.98 Å². The summed E-state index contributed by atoms with van der Waals surface area (Å²) < 4.78 is 10.1. The first-order valence-electron chi connectivity index (χ1n) is 7.16. The number of pyridine rings is 1. The quantitative estimate of drug-likeness (QED) is 0.484. The zero-order chi connectivity index (χ0) is 18.4. The molecular formula is C16H15N3O6. The average molecular weight is 345 g/mol. The first-order chi connectivity index (χ1) is 11.9. The minimum absolute atomic E-state index is 0.119. The molecule has 0 fully saturated rings. The number of nitro groups is 1. The predicted molar refractivity (Wildman–Crippen MR) is 87.4 cm³/mol. The van der Waals surface area contributed by atoms with Gasteiger partial charge in [0.05, 0.1) is 29.4 Å². The molecule has 1 N–H and O–H groups in total. The molecule has 1 amide bonds. The minimum Gasteiger partial charge on any atom is -0.494 e. The Morgan fingerprint density at radius 3 is 2.68 bits per heavy atom. The molecule has 9 heteroatoms. The van der Waals surface area contributed by atoms with Crippen molar-refractivity contribution in [3.05, 3.63) is 58.4 Å². The third-order valence-electron chi connectivity index (χ3n) is 3.20. The first kappa shape index (κ1) is 17.9. The fraction of sp³-hybridized carbons (Fsp3) is 0.188. The van der Waals surface area contributed by atoms with Crippen LogP contribution in [0.2, 0.25) is 0 Å². The molecule has 2 aromatic rings. The van der Waals surface area contributed by atoms with Crippen LogP contribution in [0.4, 0.5) is 11.4 Å². The van der Waals surface area contributed by atoms with Crippen molar-refractivity contribution in [2.45, 2.75) is 13.0 Å². The number of anilines is 1. The zero-order valence-corrected chi connectivity index (χ0v) is 13.5. The van der Waals surface area contributed by atoms with Crippen LogP contribution < -0.4 is 10.1 Å². The Morgan fingerprint density at radius 2 is 2.08 bits per heavy atom. The van der Waals surface area contributed by atoms with Gasteiger partial charge in [-0.3, -0.25) is 19.9 Å². The summed E-state index contributed by atoms with van der Waals surface area (Å²) in [5.74, 6) is -1.18. The summed E-state index contributed by atoms with van der Waals surface area (Å²) in [7, 11) is 1.32. The molecule has 0 aliphatic rings. The number of methoxy groups -OCH3 is 1. The van der Waals surface area contributed by atoms with Crippen LogP contribution in [0.3, 0.4) is 0 Å². The Labute approximate surface area is 142 Å². The van der Waals surface area contributed by atoms with E-state index in [0.717, 1.165) is 0 Å². The molecule has 1 aromatic carbocycles. The van der Waals surface area contributed by atoms with Crippen LogP contribution in [0, 0.1) is 10.1 Å². The van der Waals surface area contributed by atoms with Crippen LogP contribution in [-0.2, 0) is 9.53 Å². The van der Waals surface area contributed by atoms with Gasteiger partial charge in [-0.25, -0.2) is 4.79 Å². The number of nitro benzene ring substituents is 1. The number of benzene rings is 1. The molecule has 130 valence electrons. The summed E-state index contributed by atoms with van der Waals surface area (Å²) in [6, 6.07) is 6.83. The van der Waals surface area contributed by atoms with E-state index in [9.17, 15) is 19.7 Å². The smallest absolute Gasteiger partial charge is 0.340 e. The lowest BCUT2D eigenvalue weighted by molar-refractivity contribution is -0.384. The van der Waals surface area contributed by atoms with Gasteiger partial charge >= 0.3 is 5.97 Å². The summed E-state index contributed by atoms with van der Waals surface area (Å²) >= 11 is 0. The highest BCUT2D eigenvalue weighted by Crippen LogP contribution is 2.29. The molecule has 0 saturated carbocycles. The average Bonchev–Trinajstić information content (AvgIpc) is 2.62. The van der Waals surface area contributed by atoms with Crippen molar-refractivity contribution in [1.29, 1.82) is 0 Å². The number of hydrogen-bond acceptors (Lipinski definition) is 7. The van der Waals surface area contributed by atoms with E-state index < -0.39 is 22.9 Å². The molecule has 1 atom stereocenters. The van der Waals surface area contributed by atoms with Crippen LogP contribution in [0.5, 0.6) is 5.75 Å². The highest BCUT2D eigenvalue weighted by atomic mass is 16.6. The number of esters is 1. The molecular weight excluding hydrogens is 330 g/mol. The number of carbonyl (C=O) groups excluding carboxylic acids is 2. The highest BCUT2D eigenvalue weighted by Gasteiger charge is 2.21. The van der Waals surface area contributed by atoms with Gasteiger partial charge in [0.25, 0.3) is 11.6 Å². The maximum atomic E-state index is 12.2. The number of nitrogens with zero attached hydrogens (tertiary/aromatic N) is 2. The van der Waals surface area contributed by atoms with E-state index in [1.165, 1.54) is 50.7 Å². The second-order valence-corrected chi connectivity index (χ2v) is 4.92. The van der Waals surface area contributed by atoms with Gasteiger partial charge in [-0.2, -0.15) is 0 Å². The molecule has 25 heavy (non-hydrogen) atoms. The molecule has 0 aliphatic carbocycles. The number of nitrogens with one attached hydrogen (secondary N) is 1. The molecule has 0 saturated heterocycles. The lowest BCUT2D eigenvalue weighted by Crippen LogP contribution is -2.30. The Bertz CT molecular complexity index is 794. The van der Waals surface area contributed by atoms with Crippen LogP contribution >= 0.6 is 0 Å². The van der Waals surface area contributed by atoms with Crippen LogP contribution in [-0.4, -0.2) is 35.0 Å². The Kier molecular flexibility index (Phi) is 5.62. The fourth-order valence-corrected chi connectivity index (χ4v) is 1.90. The number of rotatable bonds is 6. The number of aromatic nitrogens is 1. The van der Waals surface area contributed by atoms with Crippen molar-refractivity contribution < 1.29 is 24.0 Å². The number of non-ortho nitro benzene ring substituents is 1. The SMILES string of the molecule is COc1cc([N+](=O)[O-])ccc1NC(=O)[C@@H](C)OC(=O)c1cccnc1. The summed E-state index contributed by atoms with van der Waals surface area (Å²) in [4.78, 5) is 38.1. The van der Waals surface area contributed by atoms with Gasteiger partial charge in [-0.05, 0) is 25.1 Å². The number of ether oxygens (including phenoxy) is 2. The maximum Gasteiger partial charge on any atom is 0.340 e. The van der Waals surface area contributed by atoms with Gasteiger partial charge in [0.2, 0.25) is 0 Å². The second kappa shape index (κ2) is 7.86. The topological polar surface area (TPSA) is 121 Å². The normalized spacial score (nSPS) is 11.3. The van der Waals surface area contributed by atoms with Crippen molar-refractivity contribution in [3.8, 4) is 5.75 Å². The third kappa shape index (κ3) is 4.50. The zero-order valence-electron chi connectivity index (χ0n) is 13.5. The van der Waals surface area contributed by atoms with E-state index in [4.69, 9.17) is 9.47 Å². The number of carbonyl (C=O) groups is 2. The molecule has 1 aromatic heterocycles. The van der Waals surface area contributed by atoms with Gasteiger partial charge in [-0.15, -0.1) is 0 Å². The van der Waals surface area contributed by atoms with Crippen molar-refractivity contribution >= 4 is 23.3 Å². The molecule has 1 heterocycles. The Balaban J connectivity index is 2.06. The summed E-state index contributed by atoms with van der Waals surface area (Å²) in [6.45, 7) is 1.40. The molecule has 0 bridgehead atoms. The van der Waals surface area contributed by atoms with E-state index in [-0.39, 0.29) is 22.7 Å². The predicted octanol–water partition coefficient (Wildman–Crippen LogP) is 2.18. The van der Waals surface area contributed by atoms with Crippen molar-refractivity contribution in [3.63, 3.8) is 0 Å². The molecule has 0 aliphatic heterocycles. The molecule has 2 rings (SSSR count). The lowest BCUT2D eigenvalue weighted by atomic mass is 10.2. The molecule has 9 nitrogen and oxygen atoms in total. The molecule has 0 spiro atoms. The standard InChI is InChI=1S/C16H15N3O6/c1-10(25-16(21)11-4-3-7-17-9-11)15(20)18-13-6-5-12(19(22)23)8-14(13)24-2/h3-10H,1-2H3,(H,18,20)/t10-/m1/s1. The highest BCUT2D eigenvalue weighted by molar-refractivity contribution is 5.98. The fourth-order valence-electron chi connectivity index (χ4n) is 1.90. The number of hydrogen-bond donors (Lipinski definition) is 1. The molecule has 0 radical (unpaired) electrons. The monoisotopic (exact) mass is 345 g/mol. The van der Waals surface area contributed by atoms with E-state index >= 15 is 0 Å². The maximum absolute atomic E-state index is 12.2. The lowest BCUT2D eigenvalue weighted by Gasteiger charge is -2.15. The summed E-state index contributed by atoms with van der Waals surface area (Å²) in [5, 5.41) is 13.3. The Morgan fingerprint density at radius 1 is 1.32 bits per heavy atom. The van der Waals surface area contributed by atoms with Crippen molar-refractivity contribution in [2.24, 2.45) is 0 Å². The second-order valence-electron chi connectivity index (χ2n) is 4.92. The minimum atomic E-state index is -1.09. The van der Waals surface area contributed by atoms with Gasteiger partial charge in [0, 0.05) is 18.5 Å². The van der Waals surface area contributed by atoms with Gasteiger partial charge in [0.1, 0.15) is 5.75 Å². The van der Waals surface area contributed by atoms with Crippen LogP contribution in [0.1, 0.15) is 17.3 Å². The molecule has 0 unspecified atom stereocenters. The summed E-state index contributed by atoms with van der Waals surface area (Å²) in [5.41, 5.74) is 0.267. The van der Waals surface area contributed by atoms with Gasteiger partial charge in [0.15, 0.2) is 6.10 Å². The largest absolute Gasteiger partial charge is 0.494 e. The van der Waals surface area contributed by atoms with Crippen molar-refractivity contribution in [2.75, 3.05) is 12.4 Å². The number of amides is 1.